The Labute approximate surface area is 118 Å². The lowest BCUT2D eigenvalue weighted by Gasteiger charge is -2.16. The van der Waals surface area contributed by atoms with E-state index in [0.29, 0.717) is 16.2 Å². The molecule has 5 heteroatoms. The minimum atomic E-state index is 0.495. The van der Waals surface area contributed by atoms with E-state index >= 15 is 0 Å². The van der Waals surface area contributed by atoms with E-state index < -0.39 is 0 Å². The lowest BCUT2D eigenvalue weighted by atomic mass is 10.2. The summed E-state index contributed by atoms with van der Waals surface area (Å²) in [7, 11) is 1.63. The first-order chi connectivity index (χ1) is 8.69. The van der Waals surface area contributed by atoms with Crippen LogP contribution in [-0.2, 0) is 0 Å². The van der Waals surface area contributed by atoms with Gasteiger partial charge in [0.05, 0.1) is 17.8 Å². The third kappa shape index (κ3) is 3.50. The fraction of sp³-hybridized carbons (Fsp3) is 0.462. The Bertz CT molecular complexity index is 433. The zero-order valence-corrected chi connectivity index (χ0v) is 11.9. The van der Waals surface area contributed by atoms with Gasteiger partial charge >= 0.3 is 0 Å². The molecule has 0 heterocycles. The van der Waals surface area contributed by atoms with Gasteiger partial charge in [-0.25, -0.2) is 0 Å². The zero-order chi connectivity index (χ0) is 13.0. The van der Waals surface area contributed by atoms with Crippen molar-refractivity contribution >= 4 is 34.6 Å². The van der Waals surface area contributed by atoms with Crippen molar-refractivity contribution in [3.63, 3.8) is 0 Å². The van der Waals surface area contributed by atoms with Crippen LogP contribution >= 0.6 is 23.8 Å². The first-order valence-electron chi connectivity index (χ1n) is 6.10. The average molecular weight is 285 g/mol. The van der Waals surface area contributed by atoms with Gasteiger partial charge in [-0.1, -0.05) is 24.4 Å². The maximum atomic E-state index is 6.11. The minimum absolute atomic E-state index is 0.495. The van der Waals surface area contributed by atoms with E-state index in [1.165, 1.54) is 25.7 Å². The van der Waals surface area contributed by atoms with Crippen LogP contribution in [0, 0.1) is 0 Å². The number of methoxy groups -OCH3 is 1. The van der Waals surface area contributed by atoms with Gasteiger partial charge in [-0.15, -0.1) is 0 Å². The molecule has 1 aliphatic rings. The molecule has 1 aromatic rings. The molecule has 0 atom stereocenters. The van der Waals surface area contributed by atoms with Gasteiger partial charge < -0.3 is 15.4 Å². The van der Waals surface area contributed by atoms with Crippen molar-refractivity contribution in [1.29, 1.82) is 0 Å². The largest absolute Gasteiger partial charge is 0.497 e. The number of nitrogens with one attached hydrogen (secondary N) is 2. The summed E-state index contributed by atoms with van der Waals surface area (Å²) >= 11 is 11.4. The molecule has 18 heavy (non-hydrogen) atoms. The summed E-state index contributed by atoms with van der Waals surface area (Å²) in [5.74, 6) is 0.755. The molecule has 0 amide bonds. The van der Waals surface area contributed by atoms with Crippen molar-refractivity contribution in [2.75, 3.05) is 12.4 Å². The Hall–Kier alpha value is -1.00. The summed E-state index contributed by atoms with van der Waals surface area (Å²) in [6.07, 6.45) is 4.93. The lowest BCUT2D eigenvalue weighted by Crippen LogP contribution is -2.35. The second-order valence-electron chi connectivity index (χ2n) is 4.43. The number of anilines is 1. The minimum Gasteiger partial charge on any atom is -0.497 e. The summed E-state index contributed by atoms with van der Waals surface area (Å²) in [4.78, 5) is 0. The Kier molecular flexibility index (Phi) is 4.66. The van der Waals surface area contributed by atoms with Crippen LogP contribution in [-0.4, -0.2) is 18.3 Å². The molecule has 98 valence electrons. The predicted octanol–water partition coefficient (Wildman–Crippen LogP) is 3.58. The van der Waals surface area contributed by atoms with E-state index in [0.717, 1.165) is 11.4 Å². The van der Waals surface area contributed by atoms with Crippen LogP contribution in [0.3, 0.4) is 0 Å². The molecule has 1 fully saturated rings. The SMILES string of the molecule is COc1ccc(Cl)c(NC(=S)NC2CCCC2)c1. The maximum absolute atomic E-state index is 6.11. The van der Waals surface area contributed by atoms with Crippen LogP contribution in [0.2, 0.25) is 5.02 Å². The molecule has 0 saturated heterocycles. The zero-order valence-electron chi connectivity index (χ0n) is 10.3. The van der Waals surface area contributed by atoms with Gasteiger partial charge in [0, 0.05) is 12.1 Å². The van der Waals surface area contributed by atoms with Gasteiger partial charge in [0.15, 0.2) is 5.11 Å². The van der Waals surface area contributed by atoms with Crippen LogP contribution in [0.4, 0.5) is 5.69 Å². The van der Waals surface area contributed by atoms with E-state index in [-0.39, 0.29) is 0 Å². The van der Waals surface area contributed by atoms with Crippen LogP contribution in [0.1, 0.15) is 25.7 Å². The summed E-state index contributed by atoms with van der Waals surface area (Å²) in [5, 5.41) is 7.69. The first kappa shape index (κ1) is 13.4. The van der Waals surface area contributed by atoms with E-state index in [9.17, 15) is 0 Å². The van der Waals surface area contributed by atoms with Gasteiger partial charge in [-0.05, 0) is 37.2 Å². The number of halogens is 1. The number of hydrogen-bond acceptors (Lipinski definition) is 2. The van der Waals surface area contributed by atoms with Crippen molar-refractivity contribution in [1.82, 2.24) is 5.32 Å². The molecule has 0 aliphatic heterocycles. The molecule has 2 rings (SSSR count). The Morgan fingerprint density at radius 2 is 2.11 bits per heavy atom. The second-order valence-corrected chi connectivity index (χ2v) is 5.24. The van der Waals surface area contributed by atoms with Crippen molar-refractivity contribution < 1.29 is 4.74 Å². The van der Waals surface area contributed by atoms with Crippen LogP contribution in [0.5, 0.6) is 5.75 Å². The molecular weight excluding hydrogens is 268 g/mol. The van der Waals surface area contributed by atoms with Crippen LogP contribution < -0.4 is 15.4 Å². The van der Waals surface area contributed by atoms with Crippen molar-refractivity contribution in [2.45, 2.75) is 31.7 Å². The maximum Gasteiger partial charge on any atom is 0.171 e. The monoisotopic (exact) mass is 284 g/mol. The van der Waals surface area contributed by atoms with E-state index in [1.54, 1.807) is 13.2 Å². The summed E-state index contributed by atoms with van der Waals surface area (Å²) in [6, 6.07) is 5.95. The third-order valence-corrected chi connectivity index (χ3v) is 3.66. The van der Waals surface area contributed by atoms with E-state index in [4.69, 9.17) is 28.6 Å². The highest BCUT2D eigenvalue weighted by atomic mass is 35.5. The summed E-state index contributed by atoms with van der Waals surface area (Å²) in [6.45, 7) is 0. The Balaban J connectivity index is 1.97. The number of benzene rings is 1. The predicted molar refractivity (Wildman–Crippen MR) is 79.6 cm³/mol. The topological polar surface area (TPSA) is 33.3 Å². The quantitative estimate of drug-likeness (QED) is 0.831. The highest BCUT2D eigenvalue weighted by Crippen LogP contribution is 2.26. The normalized spacial score (nSPS) is 15.4. The molecule has 1 aliphatic carbocycles. The molecule has 0 bridgehead atoms. The molecule has 3 nitrogen and oxygen atoms in total. The average Bonchev–Trinajstić information content (AvgIpc) is 2.84. The lowest BCUT2D eigenvalue weighted by molar-refractivity contribution is 0.415. The molecule has 1 aromatic carbocycles. The summed E-state index contributed by atoms with van der Waals surface area (Å²) < 4.78 is 5.16. The van der Waals surface area contributed by atoms with E-state index in [1.807, 2.05) is 12.1 Å². The molecule has 0 aromatic heterocycles. The molecular formula is C13H17ClN2OS. The highest BCUT2D eigenvalue weighted by molar-refractivity contribution is 7.80. The number of hydrogen-bond donors (Lipinski definition) is 2. The molecule has 0 radical (unpaired) electrons. The Morgan fingerprint density at radius 3 is 2.78 bits per heavy atom. The highest BCUT2D eigenvalue weighted by Gasteiger charge is 2.15. The second kappa shape index (κ2) is 6.25. The standard InChI is InChI=1S/C13H17ClN2OS/c1-17-10-6-7-11(14)12(8-10)16-13(18)15-9-4-2-3-5-9/h6-9H,2-5H2,1H3,(H2,15,16,18). The van der Waals surface area contributed by atoms with E-state index in [2.05, 4.69) is 10.6 Å². The number of rotatable bonds is 3. The van der Waals surface area contributed by atoms with Crippen molar-refractivity contribution in [3.05, 3.63) is 23.2 Å². The van der Waals surface area contributed by atoms with Crippen molar-refractivity contribution in [2.24, 2.45) is 0 Å². The number of ether oxygens (including phenoxy) is 1. The summed E-state index contributed by atoms with van der Waals surface area (Å²) in [5.41, 5.74) is 0.770. The van der Waals surface area contributed by atoms with Gasteiger partial charge in [0.2, 0.25) is 0 Å². The van der Waals surface area contributed by atoms with Crippen LogP contribution in [0.25, 0.3) is 0 Å². The van der Waals surface area contributed by atoms with Gasteiger partial charge in [0.1, 0.15) is 5.75 Å². The smallest absolute Gasteiger partial charge is 0.171 e. The fourth-order valence-electron chi connectivity index (χ4n) is 2.14. The molecule has 2 N–H and O–H groups in total. The van der Waals surface area contributed by atoms with Gasteiger partial charge in [0.25, 0.3) is 0 Å². The molecule has 0 unspecified atom stereocenters. The fourth-order valence-corrected chi connectivity index (χ4v) is 2.58. The van der Waals surface area contributed by atoms with Crippen molar-refractivity contribution in [3.8, 4) is 5.75 Å². The Morgan fingerprint density at radius 1 is 1.39 bits per heavy atom. The third-order valence-electron chi connectivity index (χ3n) is 3.11. The first-order valence-corrected chi connectivity index (χ1v) is 6.88. The molecule has 0 spiro atoms. The van der Waals surface area contributed by atoms with Crippen LogP contribution in [0.15, 0.2) is 18.2 Å². The molecule has 1 saturated carbocycles. The van der Waals surface area contributed by atoms with Gasteiger partial charge in [-0.2, -0.15) is 0 Å². The van der Waals surface area contributed by atoms with Gasteiger partial charge in [-0.3, -0.25) is 0 Å². The number of thiocarbonyl (C=S) groups is 1.